The Morgan fingerprint density at radius 3 is 2.58 bits per heavy atom. The van der Waals surface area contributed by atoms with Crippen molar-refractivity contribution in [2.75, 3.05) is 11.6 Å². The van der Waals surface area contributed by atoms with Gasteiger partial charge in [-0.05, 0) is 54.3 Å². The quantitative estimate of drug-likeness (QED) is 0.403. The summed E-state index contributed by atoms with van der Waals surface area (Å²) in [7, 11) is 0. The summed E-state index contributed by atoms with van der Waals surface area (Å²) in [5, 5.41) is 2.64. The molecule has 6 heteroatoms. The molecule has 132 valence electrons. The van der Waals surface area contributed by atoms with Crippen molar-refractivity contribution in [3.63, 3.8) is 0 Å². The summed E-state index contributed by atoms with van der Waals surface area (Å²) in [5.74, 6) is -1.63. The number of ketones is 1. The van der Waals surface area contributed by atoms with Crippen molar-refractivity contribution in [1.82, 2.24) is 4.57 Å². The Bertz CT molecular complexity index is 935. The average Bonchev–Trinajstić information content (AvgIpc) is 3.11. The lowest BCUT2D eigenvalue weighted by Crippen LogP contribution is -2.25. The van der Waals surface area contributed by atoms with Crippen LogP contribution in [0.3, 0.4) is 0 Å². The predicted molar refractivity (Wildman–Crippen MR) is 101 cm³/mol. The van der Waals surface area contributed by atoms with Gasteiger partial charge < -0.3 is 9.88 Å². The van der Waals surface area contributed by atoms with E-state index in [9.17, 15) is 14.0 Å². The lowest BCUT2D eigenvalue weighted by atomic mass is 10.2. The van der Waals surface area contributed by atoms with Gasteiger partial charge in [-0.1, -0.05) is 18.2 Å². The molecule has 0 saturated heterocycles. The van der Waals surface area contributed by atoms with Crippen molar-refractivity contribution in [1.29, 1.82) is 0 Å². The van der Waals surface area contributed by atoms with E-state index in [1.807, 2.05) is 24.5 Å². The van der Waals surface area contributed by atoms with Crippen LogP contribution in [0.5, 0.6) is 0 Å². The third kappa shape index (κ3) is 4.21. The number of amides is 1. The number of hydrogen-bond acceptors (Lipinski definition) is 3. The third-order valence-electron chi connectivity index (χ3n) is 3.86. The average molecular weight is 368 g/mol. The van der Waals surface area contributed by atoms with E-state index in [1.165, 1.54) is 12.1 Å². The fourth-order valence-electron chi connectivity index (χ4n) is 2.55. The molecule has 0 spiro atoms. The van der Waals surface area contributed by atoms with Crippen molar-refractivity contribution in [2.24, 2.45) is 0 Å². The number of nitrogens with zero attached hydrogens (tertiary/aromatic N) is 1. The zero-order valence-electron chi connectivity index (χ0n) is 14.1. The molecule has 0 aliphatic rings. The predicted octanol–water partition coefficient (Wildman–Crippen LogP) is 4.22. The number of rotatable bonds is 6. The smallest absolute Gasteiger partial charge is 0.298 e. The molecule has 3 rings (SSSR count). The van der Waals surface area contributed by atoms with Crippen molar-refractivity contribution < 1.29 is 14.0 Å². The Hall–Kier alpha value is -2.86. The Kier molecular flexibility index (Phi) is 5.53. The van der Waals surface area contributed by atoms with Gasteiger partial charge in [0.05, 0.1) is 5.69 Å². The monoisotopic (exact) mass is 368 g/mol. The van der Waals surface area contributed by atoms with Crippen molar-refractivity contribution in [3.05, 3.63) is 83.9 Å². The maximum Gasteiger partial charge on any atom is 0.298 e. The molecular formula is C20H17FN2O2S. The van der Waals surface area contributed by atoms with Gasteiger partial charge in [0.15, 0.2) is 0 Å². The minimum absolute atomic E-state index is 0.285. The van der Waals surface area contributed by atoms with Gasteiger partial charge in [-0.25, -0.2) is 4.39 Å². The highest BCUT2D eigenvalue weighted by atomic mass is 32.2. The Labute approximate surface area is 155 Å². The number of anilines is 1. The topological polar surface area (TPSA) is 51.1 Å². The molecule has 0 radical (unpaired) electrons. The first kappa shape index (κ1) is 17.9. The van der Waals surface area contributed by atoms with E-state index in [-0.39, 0.29) is 11.5 Å². The van der Waals surface area contributed by atoms with Crippen LogP contribution in [-0.4, -0.2) is 22.5 Å². The second-order valence-corrected chi connectivity index (χ2v) is 6.54. The number of carbonyl (C=O) groups excluding carboxylic acids is 2. The minimum atomic E-state index is -0.692. The molecule has 0 unspecified atom stereocenters. The third-order valence-corrected chi connectivity index (χ3v) is 4.59. The van der Waals surface area contributed by atoms with E-state index in [2.05, 4.69) is 5.32 Å². The number of Topliss-reactive ketones (excluding diaryl/α,β-unsaturated/α-hetero) is 1. The highest BCUT2D eigenvalue weighted by Crippen LogP contribution is 2.19. The van der Waals surface area contributed by atoms with Crippen LogP contribution in [-0.2, 0) is 11.3 Å². The lowest BCUT2D eigenvalue weighted by Gasteiger charge is -2.10. The van der Waals surface area contributed by atoms with E-state index < -0.39 is 11.7 Å². The highest BCUT2D eigenvalue weighted by molar-refractivity contribution is 7.98. The van der Waals surface area contributed by atoms with Gasteiger partial charge in [0.2, 0.25) is 0 Å². The van der Waals surface area contributed by atoms with Crippen LogP contribution in [0, 0.1) is 5.82 Å². The zero-order valence-corrected chi connectivity index (χ0v) is 14.9. The normalized spacial score (nSPS) is 10.5. The molecule has 0 fully saturated rings. The molecule has 0 saturated carbocycles. The molecule has 0 aliphatic heterocycles. The molecule has 4 nitrogen and oxygen atoms in total. The van der Waals surface area contributed by atoms with Crippen LogP contribution in [0.25, 0.3) is 0 Å². The molecule has 2 aromatic carbocycles. The van der Waals surface area contributed by atoms with Gasteiger partial charge in [-0.2, -0.15) is 0 Å². The van der Waals surface area contributed by atoms with Crippen LogP contribution in [0.4, 0.5) is 10.1 Å². The molecule has 0 aliphatic carbocycles. The van der Waals surface area contributed by atoms with Crippen molar-refractivity contribution in [3.8, 4) is 0 Å². The van der Waals surface area contributed by atoms with Gasteiger partial charge >= 0.3 is 0 Å². The molecule has 0 atom stereocenters. The van der Waals surface area contributed by atoms with E-state index >= 15 is 0 Å². The fourth-order valence-corrected chi connectivity index (χ4v) is 3.01. The first-order chi connectivity index (χ1) is 12.6. The first-order valence-corrected chi connectivity index (χ1v) is 9.18. The molecule has 1 aromatic heterocycles. The standard InChI is InChI=1S/C20H17FN2O2S/c1-26-17-5-2-4-16(12-17)22-20(25)19(24)18-6-3-11-23(18)13-14-7-9-15(21)10-8-14/h2-12H,13H2,1H3,(H,22,25). The van der Waals surface area contributed by atoms with E-state index in [0.717, 1.165) is 10.5 Å². The number of thioether (sulfide) groups is 1. The Morgan fingerprint density at radius 2 is 1.85 bits per heavy atom. The molecule has 1 N–H and O–H groups in total. The van der Waals surface area contributed by atoms with Gasteiger partial charge in [-0.3, -0.25) is 9.59 Å². The number of benzene rings is 2. The number of nitrogens with one attached hydrogen (secondary N) is 1. The second kappa shape index (κ2) is 8.01. The van der Waals surface area contributed by atoms with Crippen molar-refractivity contribution in [2.45, 2.75) is 11.4 Å². The van der Waals surface area contributed by atoms with Gasteiger partial charge in [-0.15, -0.1) is 11.8 Å². The summed E-state index contributed by atoms with van der Waals surface area (Å²) in [4.78, 5) is 25.9. The number of aromatic nitrogens is 1. The minimum Gasteiger partial charge on any atom is -0.340 e. The molecule has 3 aromatic rings. The van der Waals surface area contributed by atoms with Gasteiger partial charge in [0, 0.05) is 23.3 Å². The molecule has 26 heavy (non-hydrogen) atoms. The summed E-state index contributed by atoms with van der Waals surface area (Å²) >= 11 is 1.55. The summed E-state index contributed by atoms with van der Waals surface area (Å²) in [6.07, 6.45) is 3.66. The van der Waals surface area contributed by atoms with Crippen LogP contribution in [0.15, 0.2) is 71.8 Å². The second-order valence-electron chi connectivity index (χ2n) is 5.66. The maximum absolute atomic E-state index is 13.0. The summed E-state index contributed by atoms with van der Waals surface area (Å²) in [5.41, 5.74) is 1.70. The van der Waals surface area contributed by atoms with E-state index in [0.29, 0.717) is 12.2 Å². The number of halogens is 1. The van der Waals surface area contributed by atoms with Crippen molar-refractivity contribution >= 4 is 29.1 Å². The molecular weight excluding hydrogens is 351 g/mol. The lowest BCUT2D eigenvalue weighted by molar-refractivity contribution is -0.112. The SMILES string of the molecule is CSc1cccc(NC(=O)C(=O)c2cccn2Cc2ccc(F)cc2)c1. The van der Waals surface area contributed by atoms with E-state index in [1.54, 1.807) is 52.9 Å². The number of carbonyl (C=O) groups is 2. The summed E-state index contributed by atoms with van der Waals surface area (Å²) in [6.45, 7) is 0.379. The maximum atomic E-state index is 13.0. The highest BCUT2D eigenvalue weighted by Gasteiger charge is 2.20. The molecule has 1 amide bonds. The van der Waals surface area contributed by atoms with Crippen LogP contribution < -0.4 is 5.32 Å². The fraction of sp³-hybridized carbons (Fsp3) is 0.100. The molecule has 1 heterocycles. The summed E-state index contributed by atoms with van der Waals surface area (Å²) in [6, 6.07) is 16.6. The van der Waals surface area contributed by atoms with E-state index in [4.69, 9.17) is 0 Å². The van der Waals surface area contributed by atoms with Crippen LogP contribution >= 0.6 is 11.8 Å². The van der Waals surface area contributed by atoms with Crippen LogP contribution in [0.1, 0.15) is 16.1 Å². The Morgan fingerprint density at radius 1 is 1.08 bits per heavy atom. The zero-order chi connectivity index (χ0) is 18.5. The summed E-state index contributed by atoms with van der Waals surface area (Å²) < 4.78 is 14.7. The Balaban J connectivity index is 1.74. The molecule has 0 bridgehead atoms. The van der Waals surface area contributed by atoms with Gasteiger partial charge in [0.25, 0.3) is 11.7 Å². The number of hydrogen-bond donors (Lipinski definition) is 1. The van der Waals surface area contributed by atoms with Crippen LogP contribution in [0.2, 0.25) is 0 Å². The van der Waals surface area contributed by atoms with Gasteiger partial charge in [0.1, 0.15) is 5.82 Å². The largest absolute Gasteiger partial charge is 0.340 e. The first-order valence-electron chi connectivity index (χ1n) is 7.96.